The van der Waals surface area contributed by atoms with Crippen LogP contribution in [0, 0.1) is 18.6 Å². The van der Waals surface area contributed by atoms with Crippen molar-refractivity contribution in [3.63, 3.8) is 0 Å². The van der Waals surface area contributed by atoms with Crippen molar-refractivity contribution in [2.75, 3.05) is 0 Å². The summed E-state index contributed by atoms with van der Waals surface area (Å²) >= 11 is 0. The van der Waals surface area contributed by atoms with Crippen LogP contribution in [0.5, 0.6) is 0 Å². The molecule has 0 radical (unpaired) electrons. The number of hydrogen-bond donors (Lipinski definition) is 1. The van der Waals surface area contributed by atoms with Gasteiger partial charge in [0.1, 0.15) is 11.6 Å². The van der Waals surface area contributed by atoms with Crippen molar-refractivity contribution in [1.82, 2.24) is 4.98 Å². The van der Waals surface area contributed by atoms with E-state index in [4.69, 9.17) is 5.73 Å². The van der Waals surface area contributed by atoms with Crippen LogP contribution in [-0.2, 0) is 6.42 Å². The number of pyridine rings is 1. The smallest absolute Gasteiger partial charge is 0.146 e. The van der Waals surface area contributed by atoms with Crippen LogP contribution in [-0.4, -0.2) is 4.98 Å². The Balaban J connectivity index is 2.24. The van der Waals surface area contributed by atoms with Gasteiger partial charge in [0.15, 0.2) is 0 Å². The Morgan fingerprint density at radius 2 is 2.06 bits per heavy atom. The summed E-state index contributed by atoms with van der Waals surface area (Å²) in [5, 5.41) is 0. The summed E-state index contributed by atoms with van der Waals surface area (Å²) in [6.07, 6.45) is 1.86. The minimum Gasteiger partial charge on any atom is -0.322 e. The molecule has 1 aromatic heterocycles. The van der Waals surface area contributed by atoms with Gasteiger partial charge in [0, 0.05) is 6.20 Å². The molecule has 1 heterocycles. The predicted molar refractivity (Wildman–Crippen MR) is 66.0 cm³/mol. The maximum atomic E-state index is 13.5. The van der Waals surface area contributed by atoms with Crippen molar-refractivity contribution < 1.29 is 8.78 Å². The topological polar surface area (TPSA) is 38.9 Å². The first kappa shape index (κ1) is 12.6. The molecule has 94 valence electrons. The van der Waals surface area contributed by atoms with Gasteiger partial charge in [0.25, 0.3) is 0 Å². The van der Waals surface area contributed by atoms with Crippen LogP contribution < -0.4 is 5.73 Å². The minimum absolute atomic E-state index is 0.209. The summed E-state index contributed by atoms with van der Waals surface area (Å²) < 4.78 is 26.7. The van der Waals surface area contributed by atoms with E-state index in [-0.39, 0.29) is 11.5 Å². The summed E-state index contributed by atoms with van der Waals surface area (Å²) in [5.74, 6) is -0.747. The second kappa shape index (κ2) is 5.23. The molecule has 2 rings (SSSR count). The highest BCUT2D eigenvalue weighted by Gasteiger charge is 2.14. The molecule has 2 N–H and O–H groups in total. The molecule has 1 aromatic carbocycles. The maximum absolute atomic E-state index is 13.5. The SMILES string of the molecule is Cc1ccc(F)cc1CC(N)c1ncccc1F. The Hall–Kier alpha value is -1.81. The number of halogens is 2. The van der Waals surface area contributed by atoms with Crippen molar-refractivity contribution in [3.05, 3.63) is 65.0 Å². The zero-order valence-corrected chi connectivity index (χ0v) is 10.0. The molecule has 1 atom stereocenters. The average Bonchev–Trinajstić information content (AvgIpc) is 2.34. The zero-order valence-electron chi connectivity index (χ0n) is 10.0. The van der Waals surface area contributed by atoms with Crippen LogP contribution >= 0.6 is 0 Å². The van der Waals surface area contributed by atoms with Crippen molar-refractivity contribution in [3.8, 4) is 0 Å². The zero-order chi connectivity index (χ0) is 13.1. The van der Waals surface area contributed by atoms with Crippen molar-refractivity contribution >= 4 is 0 Å². The summed E-state index contributed by atoms with van der Waals surface area (Å²) in [4.78, 5) is 3.93. The van der Waals surface area contributed by atoms with Crippen LogP contribution in [0.3, 0.4) is 0 Å². The van der Waals surface area contributed by atoms with Crippen LogP contribution in [0.15, 0.2) is 36.5 Å². The number of benzene rings is 1. The van der Waals surface area contributed by atoms with Crippen LogP contribution in [0.2, 0.25) is 0 Å². The fourth-order valence-corrected chi connectivity index (χ4v) is 1.86. The first-order valence-corrected chi connectivity index (χ1v) is 5.69. The first-order valence-electron chi connectivity index (χ1n) is 5.69. The van der Waals surface area contributed by atoms with Crippen molar-refractivity contribution in [2.45, 2.75) is 19.4 Å². The van der Waals surface area contributed by atoms with Crippen LogP contribution in [0.1, 0.15) is 22.9 Å². The molecule has 4 heteroatoms. The highest BCUT2D eigenvalue weighted by atomic mass is 19.1. The Bertz CT molecular complexity index is 555. The average molecular weight is 248 g/mol. The fourth-order valence-electron chi connectivity index (χ4n) is 1.86. The van der Waals surface area contributed by atoms with E-state index in [1.807, 2.05) is 6.92 Å². The predicted octanol–water partition coefficient (Wildman–Crippen LogP) is 2.91. The van der Waals surface area contributed by atoms with Gasteiger partial charge in [-0.05, 0) is 48.7 Å². The van der Waals surface area contributed by atoms with Gasteiger partial charge in [-0.1, -0.05) is 6.07 Å². The lowest BCUT2D eigenvalue weighted by Gasteiger charge is -2.13. The van der Waals surface area contributed by atoms with Gasteiger partial charge in [-0.3, -0.25) is 4.98 Å². The Morgan fingerprint density at radius 3 is 2.78 bits per heavy atom. The molecule has 18 heavy (non-hydrogen) atoms. The number of nitrogens with two attached hydrogens (primary N) is 1. The number of aryl methyl sites for hydroxylation is 1. The second-order valence-corrected chi connectivity index (χ2v) is 4.25. The van der Waals surface area contributed by atoms with E-state index < -0.39 is 11.9 Å². The van der Waals surface area contributed by atoms with Gasteiger partial charge in [0.2, 0.25) is 0 Å². The van der Waals surface area contributed by atoms with E-state index in [0.717, 1.165) is 11.1 Å². The van der Waals surface area contributed by atoms with E-state index in [2.05, 4.69) is 4.98 Å². The third kappa shape index (κ3) is 2.71. The highest BCUT2D eigenvalue weighted by molar-refractivity contribution is 5.28. The molecule has 1 unspecified atom stereocenters. The Kier molecular flexibility index (Phi) is 3.67. The summed E-state index contributed by atoms with van der Waals surface area (Å²) in [5.41, 5.74) is 7.84. The molecule has 0 fully saturated rings. The number of rotatable bonds is 3. The van der Waals surface area contributed by atoms with E-state index in [0.29, 0.717) is 6.42 Å². The number of hydrogen-bond acceptors (Lipinski definition) is 2. The fraction of sp³-hybridized carbons (Fsp3) is 0.214. The maximum Gasteiger partial charge on any atom is 0.146 e. The van der Waals surface area contributed by atoms with E-state index in [1.54, 1.807) is 6.07 Å². The normalized spacial score (nSPS) is 12.4. The summed E-state index contributed by atoms with van der Waals surface area (Å²) in [6.45, 7) is 1.87. The van der Waals surface area contributed by atoms with Gasteiger partial charge in [-0.2, -0.15) is 0 Å². The van der Waals surface area contributed by atoms with Crippen LogP contribution in [0.4, 0.5) is 8.78 Å². The molecule has 0 spiro atoms. The molecule has 2 nitrogen and oxygen atoms in total. The standard InChI is InChI=1S/C14H14F2N2/c1-9-4-5-11(15)7-10(9)8-13(17)14-12(16)3-2-6-18-14/h2-7,13H,8,17H2,1H3. The van der Waals surface area contributed by atoms with Crippen LogP contribution in [0.25, 0.3) is 0 Å². The molecular formula is C14H14F2N2. The molecule has 0 aliphatic carbocycles. The van der Waals surface area contributed by atoms with Crippen molar-refractivity contribution in [1.29, 1.82) is 0 Å². The quantitative estimate of drug-likeness (QED) is 0.907. The molecule has 0 saturated carbocycles. The lowest BCUT2D eigenvalue weighted by molar-refractivity contribution is 0.562. The lowest BCUT2D eigenvalue weighted by Crippen LogP contribution is -2.17. The lowest BCUT2D eigenvalue weighted by atomic mass is 9.99. The molecule has 0 aliphatic rings. The Labute approximate surface area is 104 Å². The van der Waals surface area contributed by atoms with Crippen molar-refractivity contribution in [2.24, 2.45) is 5.73 Å². The third-order valence-electron chi connectivity index (χ3n) is 2.89. The molecule has 2 aromatic rings. The first-order chi connectivity index (χ1) is 8.58. The molecule has 0 amide bonds. The Morgan fingerprint density at radius 1 is 1.28 bits per heavy atom. The monoisotopic (exact) mass is 248 g/mol. The summed E-state index contributed by atoms with van der Waals surface area (Å²) in [7, 11) is 0. The minimum atomic E-state index is -0.577. The third-order valence-corrected chi connectivity index (χ3v) is 2.89. The van der Waals surface area contributed by atoms with E-state index in [9.17, 15) is 8.78 Å². The van der Waals surface area contributed by atoms with Gasteiger partial charge in [0.05, 0.1) is 11.7 Å². The van der Waals surface area contributed by atoms with E-state index in [1.165, 1.54) is 30.5 Å². The van der Waals surface area contributed by atoms with Gasteiger partial charge < -0.3 is 5.73 Å². The summed E-state index contributed by atoms with van der Waals surface area (Å²) in [6, 6.07) is 6.76. The molecular weight excluding hydrogens is 234 g/mol. The number of nitrogens with zero attached hydrogens (tertiary/aromatic N) is 1. The molecule has 0 aliphatic heterocycles. The van der Waals surface area contributed by atoms with Gasteiger partial charge >= 0.3 is 0 Å². The number of aromatic nitrogens is 1. The van der Waals surface area contributed by atoms with E-state index >= 15 is 0 Å². The molecule has 0 saturated heterocycles. The van der Waals surface area contributed by atoms with Gasteiger partial charge in [-0.15, -0.1) is 0 Å². The highest BCUT2D eigenvalue weighted by Crippen LogP contribution is 2.19. The van der Waals surface area contributed by atoms with Gasteiger partial charge in [-0.25, -0.2) is 8.78 Å². The molecule has 0 bridgehead atoms. The second-order valence-electron chi connectivity index (χ2n) is 4.25. The largest absolute Gasteiger partial charge is 0.322 e.